The first kappa shape index (κ1) is 18.7. The molecular formula is C19H28N2O2S. The largest absolute Gasteiger partial charge is 0.346 e. The van der Waals surface area contributed by atoms with Gasteiger partial charge in [-0.05, 0) is 57.7 Å². The van der Waals surface area contributed by atoms with Gasteiger partial charge in [-0.15, -0.1) is 0 Å². The Hall–Kier alpha value is -1.59. The second-order valence-electron chi connectivity index (χ2n) is 6.56. The maximum atomic E-state index is 12.1. The molecule has 132 valence electrons. The van der Waals surface area contributed by atoms with Crippen molar-refractivity contribution in [3.63, 3.8) is 0 Å². The van der Waals surface area contributed by atoms with Gasteiger partial charge in [0.15, 0.2) is 0 Å². The molecule has 0 saturated carbocycles. The van der Waals surface area contributed by atoms with Gasteiger partial charge in [0.05, 0.1) is 5.75 Å². The van der Waals surface area contributed by atoms with Crippen LogP contribution in [-0.2, 0) is 22.9 Å². The van der Waals surface area contributed by atoms with E-state index in [-0.39, 0.29) is 5.75 Å². The van der Waals surface area contributed by atoms with Crippen LogP contribution in [0.2, 0.25) is 0 Å². The predicted molar refractivity (Wildman–Crippen MR) is 99.9 cm³/mol. The zero-order valence-electron chi connectivity index (χ0n) is 15.0. The summed E-state index contributed by atoms with van der Waals surface area (Å²) >= 11 is 0. The molecule has 5 heteroatoms. The lowest BCUT2D eigenvalue weighted by molar-refractivity contribution is 0.570. The van der Waals surface area contributed by atoms with Crippen LogP contribution >= 0.6 is 0 Å². The molecule has 1 N–H and O–H groups in total. The van der Waals surface area contributed by atoms with E-state index in [0.717, 1.165) is 12.0 Å². The van der Waals surface area contributed by atoms with E-state index in [1.807, 2.05) is 30.3 Å². The summed E-state index contributed by atoms with van der Waals surface area (Å²) in [6.45, 7) is 8.97. The lowest BCUT2D eigenvalue weighted by atomic mass is 10.2. The first-order valence-corrected chi connectivity index (χ1v) is 10.1. The average Bonchev–Trinajstić information content (AvgIpc) is 2.80. The molecule has 0 saturated heterocycles. The number of sulfonamides is 1. The van der Waals surface area contributed by atoms with Crippen LogP contribution in [0, 0.1) is 13.8 Å². The predicted octanol–water partition coefficient (Wildman–Crippen LogP) is 3.39. The first-order chi connectivity index (χ1) is 11.3. The Labute approximate surface area is 146 Å². The number of hydrogen-bond acceptors (Lipinski definition) is 2. The van der Waals surface area contributed by atoms with E-state index in [2.05, 4.69) is 43.1 Å². The minimum absolute atomic E-state index is 0.127. The minimum atomic E-state index is -3.24. The van der Waals surface area contributed by atoms with Gasteiger partial charge in [-0.1, -0.05) is 30.3 Å². The van der Waals surface area contributed by atoms with E-state index in [9.17, 15) is 8.42 Å². The number of aromatic nitrogens is 1. The summed E-state index contributed by atoms with van der Waals surface area (Å²) in [7, 11) is -3.24. The van der Waals surface area contributed by atoms with Crippen LogP contribution in [0.1, 0.15) is 42.4 Å². The van der Waals surface area contributed by atoms with Gasteiger partial charge in [-0.2, -0.15) is 0 Å². The third-order valence-corrected chi connectivity index (χ3v) is 5.71. The Morgan fingerprint density at radius 1 is 1.08 bits per heavy atom. The van der Waals surface area contributed by atoms with Crippen molar-refractivity contribution >= 4 is 10.0 Å². The zero-order valence-corrected chi connectivity index (χ0v) is 15.9. The Balaban J connectivity index is 1.88. The van der Waals surface area contributed by atoms with E-state index in [1.165, 1.54) is 17.0 Å². The number of benzene rings is 1. The molecule has 0 unspecified atom stereocenters. The highest BCUT2D eigenvalue weighted by molar-refractivity contribution is 7.89. The summed E-state index contributed by atoms with van der Waals surface area (Å²) in [5.41, 5.74) is 4.71. The molecule has 1 aromatic heterocycles. The fraction of sp³-hybridized carbons (Fsp3) is 0.474. The molecule has 0 bridgehead atoms. The molecule has 0 aliphatic heterocycles. The summed E-state index contributed by atoms with van der Waals surface area (Å²) in [5, 5.41) is 0. The average molecular weight is 349 g/mol. The van der Waals surface area contributed by atoms with Crippen LogP contribution in [0.5, 0.6) is 0 Å². The third-order valence-electron chi connectivity index (χ3n) is 4.32. The Morgan fingerprint density at radius 3 is 2.33 bits per heavy atom. The van der Waals surface area contributed by atoms with Gasteiger partial charge in [-0.3, -0.25) is 0 Å². The molecule has 24 heavy (non-hydrogen) atoms. The molecule has 0 aliphatic carbocycles. The highest BCUT2D eigenvalue weighted by Gasteiger charge is 2.13. The lowest BCUT2D eigenvalue weighted by Crippen LogP contribution is -2.29. The molecule has 1 aromatic carbocycles. The van der Waals surface area contributed by atoms with Gasteiger partial charge in [0.1, 0.15) is 0 Å². The highest BCUT2D eigenvalue weighted by Crippen LogP contribution is 2.20. The SMILES string of the molecule is Cc1cc(CCNS(=O)(=O)CCc2ccccc2)c(C)n1C(C)C. The molecule has 0 amide bonds. The molecule has 0 spiro atoms. The monoisotopic (exact) mass is 348 g/mol. The van der Waals surface area contributed by atoms with Gasteiger partial charge in [0.2, 0.25) is 10.0 Å². The van der Waals surface area contributed by atoms with Crippen molar-refractivity contribution in [1.82, 2.24) is 9.29 Å². The lowest BCUT2D eigenvalue weighted by Gasteiger charge is -2.14. The zero-order chi connectivity index (χ0) is 17.7. The number of nitrogens with zero attached hydrogens (tertiary/aromatic N) is 1. The second kappa shape index (κ2) is 7.99. The van der Waals surface area contributed by atoms with Crippen LogP contribution in [0.25, 0.3) is 0 Å². The Kier molecular flexibility index (Phi) is 6.24. The van der Waals surface area contributed by atoms with E-state index >= 15 is 0 Å². The molecule has 0 radical (unpaired) electrons. The van der Waals surface area contributed by atoms with Gasteiger partial charge in [0, 0.05) is 24.0 Å². The fourth-order valence-electron chi connectivity index (χ4n) is 3.20. The molecule has 2 aromatic rings. The summed E-state index contributed by atoms with van der Waals surface area (Å²) in [6, 6.07) is 12.3. The normalized spacial score (nSPS) is 12.0. The van der Waals surface area contributed by atoms with E-state index < -0.39 is 10.0 Å². The standard InChI is InChI=1S/C19H28N2O2S/c1-15(2)21-16(3)14-19(17(21)4)10-12-20-24(22,23)13-11-18-8-6-5-7-9-18/h5-9,14-15,20H,10-13H2,1-4H3. The van der Waals surface area contributed by atoms with E-state index in [1.54, 1.807) is 0 Å². The topological polar surface area (TPSA) is 51.1 Å². The molecule has 1 heterocycles. The van der Waals surface area contributed by atoms with Crippen molar-refractivity contribution in [2.45, 2.75) is 46.6 Å². The summed E-state index contributed by atoms with van der Waals surface area (Å²) in [6.07, 6.45) is 1.26. The maximum absolute atomic E-state index is 12.1. The van der Waals surface area contributed by atoms with Gasteiger partial charge >= 0.3 is 0 Å². The number of aryl methyl sites for hydroxylation is 2. The van der Waals surface area contributed by atoms with E-state index in [0.29, 0.717) is 19.0 Å². The minimum Gasteiger partial charge on any atom is -0.346 e. The van der Waals surface area contributed by atoms with Crippen LogP contribution in [0.15, 0.2) is 36.4 Å². The van der Waals surface area contributed by atoms with Gasteiger partial charge in [0.25, 0.3) is 0 Å². The quantitative estimate of drug-likeness (QED) is 0.795. The van der Waals surface area contributed by atoms with Crippen molar-refractivity contribution in [3.8, 4) is 0 Å². The second-order valence-corrected chi connectivity index (χ2v) is 8.49. The molecule has 4 nitrogen and oxygen atoms in total. The smallest absolute Gasteiger partial charge is 0.211 e. The van der Waals surface area contributed by atoms with Crippen molar-refractivity contribution in [1.29, 1.82) is 0 Å². The molecule has 0 atom stereocenters. The Morgan fingerprint density at radius 2 is 1.75 bits per heavy atom. The molecular weight excluding hydrogens is 320 g/mol. The van der Waals surface area contributed by atoms with Crippen molar-refractivity contribution in [2.75, 3.05) is 12.3 Å². The summed E-state index contributed by atoms with van der Waals surface area (Å²) < 4.78 is 29.3. The maximum Gasteiger partial charge on any atom is 0.211 e. The fourth-order valence-corrected chi connectivity index (χ4v) is 4.27. The van der Waals surface area contributed by atoms with Crippen molar-refractivity contribution in [2.24, 2.45) is 0 Å². The van der Waals surface area contributed by atoms with Crippen LogP contribution < -0.4 is 4.72 Å². The summed E-state index contributed by atoms with van der Waals surface area (Å²) in [4.78, 5) is 0. The number of hydrogen-bond donors (Lipinski definition) is 1. The van der Waals surface area contributed by atoms with Crippen LogP contribution in [0.3, 0.4) is 0 Å². The van der Waals surface area contributed by atoms with Crippen LogP contribution in [0.4, 0.5) is 0 Å². The molecule has 2 rings (SSSR count). The van der Waals surface area contributed by atoms with Gasteiger partial charge in [-0.25, -0.2) is 13.1 Å². The van der Waals surface area contributed by atoms with E-state index in [4.69, 9.17) is 0 Å². The van der Waals surface area contributed by atoms with Crippen LogP contribution in [-0.4, -0.2) is 25.3 Å². The summed E-state index contributed by atoms with van der Waals surface area (Å²) in [5.74, 6) is 0.127. The molecule has 0 aliphatic rings. The number of rotatable bonds is 8. The molecule has 0 fully saturated rings. The Bertz CT molecular complexity index is 762. The number of nitrogens with one attached hydrogen (secondary N) is 1. The highest BCUT2D eigenvalue weighted by atomic mass is 32.2. The first-order valence-electron chi connectivity index (χ1n) is 8.48. The van der Waals surface area contributed by atoms with Crippen molar-refractivity contribution < 1.29 is 8.42 Å². The van der Waals surface area contributed by atoms with Gasteiger partial charge < -0.3 is 4.57 Å². The third kappa shape index (κ3) is 4.95. The van der Waals surface area contributed by atoms with Crippen molar-refractivity contribution in [3.05, 3.63) is 58.9 Å².